The van der Waals surface area contributed by atoms with Crippen molar-refractivity contribution in [1.29, 1.82) is 0 Å². The van der Waals surface area contributed by atoms with Crippen LogP contribution in [0.25, 0.3) is 0 Å². The lowest BCUT2D eigenvalue weighted by molar-refractivity contribution is 0.107. The SMILES string of the molecule is Cc1ccc(C)c(OCC(O)c2cc(C)ccc2C)c1. The van der Waals surface area contributed by atoms with Crippen molar-refractivity contribution < 1.29 is 9.84 Å². The molecule has 0 bridgehead atoms. The summed E-state index contributed by atoms with van der Waals surface area (Å²) in [6, 6.07) is 12.2. The Morgan fingerprint density at radius 2 is 1.50 bits per heavy atom. The molecule has 0 amide bonds. The van der Waals surface area contributed by atoms with Crippen LogP contribution in [-0.4, -0.2) is 11.7 Å². The van der Waals surface area contributed by atoms with Crippen molar-refractivity contribution in [2.24, 2.45) is 0 Å². The van der Waals surface area contributed by atoms with Crippen LogP contribution in [0, 0.1) is 27.7 Å². The summed E-state index contributed by atoms with van der Waals surface area (Å²) >= 11 is 0. The van der Waals surface area contributed by atoms with Gasteiger partial charge in [-0.25, -0.2) is 0 Å². The highest BCUT2D eigenvalue weighted by atomic mass is 16.5. The summed E-state index contributed by atoms with van der Waals surface area (Å²) in [6.07, 6.45) is -0.602. The molecule has 0 saturated heterocycles. The number of aliphatic hydroxyl groups is 1. The molecule has 1 unspecified atom stereocenters. The van der Waals surface area contributed by atoms with Crippen LogP contribution >= 0.6 is 0 Å². The van der Waals surface area contributed by atoms with Crippen LogP contribution in [0.2, 0.25) is 0 Å². The van der Waals surface area contributed by atoms with Crippen LogP contribution in [0.5, 0.6) is 5.75 Å². The lowest BCUT2D eigenvalue weighted by atomic mass is 10.0. The minimum absolute atomic E-state index is 0.272. The summed E-state index contributed by atoms with van der Waals surface area (Å²) in [6.45, 7) is 8.36. The van der Waals surface area contributed by atoms with Gasteiger partial charge in [-0.05, 0) is 56.0 Å². The minimum Gasteiger partial charge on any atom is -0.490 e. The van der Waals surface area contributed by atoms with E-state index in [-0.39, 0.29) is 6.61 Å². The fourth-order valence-electron chi connectivity index (χ4n) is 2.24. The van der Waals surface area contributed by atoms with Crippen LogP contribution in [0.4, 0.5) is 0 Å². The van der Waals surface area contributed by atoms with Crippen molar-refractivity contribution in [1.82, 2.24) is 0 Å². The molecule has 2 aromatic rings. The van der Waals surface area contributed by atoms with Crippen molar-refractivity contribution in [2.75, 3.05) is 6.61 Å². The van der Waals surface area contributed by atoms with E-state index >= 15 is 0 Å². The van der Waals surface area contributed by atoms with E-state index in [0.29, 0.717) is 0 Å². The fourth-order valence-corrected chi connectivity index (χ4v) is 2.24. The molecule has 20 heavy (non-hydrogen) atoms. The molecule has 2 aromatic carbocycles. The van der Waals surface area contributed by atoms with Crippen molar-refractivity contribution in [3.8, 4) is 5.75 Å². The number of ether oxygens (including phenoxy) is 1. The van der Waals surface area contributed by atoms with E-state index < -0.39 is 6.10 Å². The number of benzene rings is 2. The maximum atomic E-state index is 10.3. The molecule has 1 N–H and O–H groups in total. The van der Waals surface area contributed by atoms with Crippen LogP contribution < -0.4 is 4.74 Å². The number of aryl methyl sites for hydroxylation is 4. The van der Waals surface area contributed by atoms with Crippen molar-refractivity contribution >= 4 is 0 Å². The summed E-state index contributed by atoms with van der Waals surface area (Å²) in [7, 11) is 0. The van der Waals surface area contributed by atoms with Gasteiger partial charge in [0.2, 0.25) is 0 Å². The highest BCUT2D eigenvalue weighted by Gasteiger charge is 2.12. The smallest absolute Gasteiger partial charge is 0.122 e. The zero-order chi connectivity index (χ0) is 14.7. The first kappa shape index (κ1) is 14.6. The third-order valence-corrected chi connectivity index (χ3v) is 3.53. The van der Waals surface area contributed by atoms with Gasteiger partial charge in [-0.3, -0.25) is 0 Å². The molecule has 0 spiro atoms. The first-order chi connectivity index (χ1) is 9.47. The van der Waals surface area contributed by atoms with E-state index in [1.54, 1.807) is 0 Å². The van der Waals surface area contributed by atoms with Gasteiger partial charge in [0.1, 0.15) is 18.5 Å². The largest absolute Gasteiger partial charge is 0.490 e. The predicted octanol–water partition coefficient (Wildman–Crippen LogP) is 4.03. The molecule has 0 aliphatic rings. The molecular weight excluding hydrogens is 248 g/mol. The summed E-state index contributed by atoms with van der Waals surface area (Å²) in [5, 5.41) is 10.3. The van der Waals surface area contributed by atoms with E-state index in [9.17, 15) is 5.11 Å². The molecule has 2 heteroatoms. The van der Waals surface area contributed by atoms with Gasteiger partial charge in [-0.1, -0.05) is 35.9 Å². The second kappa shape index (κ2) is 6.10. The quantitative estimate of drug-likeness (QED) is 0.908. The topological polar surface area (TPSA) is 29.5 Å². The van der Waals surface area contributed by atoms with Gasteiger partial charge in [-0.15, -0.1) is 0 Å². The zero-order valence-electron chi connectivity index (χ0n) is 12.6. The Hall–Kier alpha value is -1.80. The Bertz CT molecular complexity index is 602. The predicted molar refractivity (Wildman–Crippen MR) is 82.3 cm³/mol. The molecule has 0 fully saturated rings. The van der Waals surface area contributed by atoms with E-state index in [0.717, 1.165) is 33.6 Å². The maximum absolute atomic E-state index is 10.3. The first-order valence-electron chi connectivity index (χ1n) is 6.92. The molecule has 1 atom stereocenters. The molecule has 0 aliphatic heterocycles. The first-order valence-corrected chi connectivity index (χ1v) is 6.92. The van der Waals surface area contributed by atoms with E-state index in [1.165, 1.54) is 0 Å². The van der Waals surface area contributed by atoms with Crippen LogP contribution in [0.3, 0.4) is 0 Å². The third-order valence-electron chi connectivity index (χ3n) is 3.53. The third kappa shape index (κ3) is 3.40. The van der Waals surface area contributed by atoms with E-state index in [1.807, 2.05) is 52.0 Å². The second-order valence-electron chi connectivity index (χ2n) is 5.46. The molecule has 0 radical (unpaired) electrons. The summed E-state index contributed by atoms with van der Waals surface area (Å²) in [5.41, 5.74) is 5.43. The van der Waals surface area contributed by atoms with Crippen molar-refractivity contribution in [2.45, 2.75) is 33.8 Å². The molecular formula is C18H22O2. The summed E-state index contributed by atoms with van der Waals surface area (Å²) in [5.74, 6) is 0.842. The lowest BCUT2D eigenvalue weighted by Crippen LogP contribution is -2.11. The molecule has 0 heterocycles. The monoisotopic (exact) mass is 270 g/mol. The Morgan fingerprint density at radius 1 is 0.900 bits per heavy atom. The Morgan fingerprint density at radius 3 is 2.20 bits per heavy atom. The lowest BCUT2D eigenvalue weighted by Gasteiger charge is -2.17. The van der Waals surface area contributed by atoms with Crippen molar-refractivity contribution in [3.63, 3.8) is 0 Å². The van der Waals surface area contributed by atoms with Crippen molar-refractivity contribution in [3.05, 3.63) is 64.2 Å². The van der Waals surface area contributed by atoms with Crippen LogP contribution in [0.15, 0.2) is 36.4 Å². The Labute approximate surface area is 121 Å². The van der Waals surface area contributed by atoms with Gasteiger partial charge in [0, 0.05) is 0 Å². The number of hydrogen-bond acceptors (Lipinski definition) is 2. The maximum Gasteiger partial charge on any atom is 0.122 e. The van der Waals surface area contributed by atoms with Gasteiger partial charge >= 0.3 is 0 Å². The van der Waals surface area contributed by atoms with Gasteiger partial charge in [0.05, 0.1) is 0 Å². The number of rotatable bonds is 4. The van der Waals surface area contributed by atoms with Gasteiger partial charge in [0.15, 0.2) is 0 Å². The standard InChI is InChI=1S/C18H22O2/c1-12-5-7-14(3)16(9-12)17(19)11-20-18-10-13(2)6-8-15(18)4/h5-10,17,19H,11H2,1-4H3. The molecule has 0 aromatic heterocycles. The highest BCUT2D eigenvalue weighted by Crippen LogP contribution is 2.23. The molecule has 0 aliphatic carbocycles. The van der Waals surface area contributed by atoms with Gasteiger partial charge < -0.3 is 9.84 Å². The minimum atomic E-state index is -0.602. The summed E-state index contributed by atoms with van der Waals surface area (Å²) < 4.78 is 5.78. The van der Waals surface area contributed by atoms with Gasteiger partial charge in [0.25, 0.3) is 0 Å². The normalized spacial score (nSPS) is 12.2. The zero-order valence-corrected chi connectivity index (χ0v) is 12.6. The Balaban J connectivity index is 2.10. The number of aliphatic hydroxyl groups excluding tert-OH is 1. The Kier molecular flexibility index (Phi) is 4.46. The van der Waals surface area contributed by atoms with E-state index in [2.05, 4.69) is 12.1 Å². The molecule has 0 saturated carbocycles. The average Bonchev–Trinajstić information content (AvgIpc) is 2.42. The number of hydrogen-bond donors (Lipinski definition) is 1. The highest BCUT2D eigenvalue weighted by molar-refractivity contribution is 5.36. The van der Waals surface area contributed by atoms with E-state index in [4.69, 9.17) is 4.74 Å². The second-order valence-corrected chi connectivity index (χ2v) is 5.46. The van der Waals surface area contributed by atoms with Crippen LogP contribution in [0.1, 0.15) is 33.9 Å². The van der Waals surface area contributed by atoms with Crippen LogP contribution in [-0.2, 0) is 0 Å². The molecule has 106 valence electrons. The molecule has 2 nitrogen and oxygen atoms in total. The molecule has 2 rings (SSSR count). The van der Waals surface area contributed by atoms with Gasteiger partial charge in [-0.2, -0.15) is 0 Å². The summed E-state index contributed by atoms with van der Waals surface area (Å²) in [4.78, 5) is 0. The fraction of sp³-hybridized carbons (Fsp3) is 0.333. The average molecular weight is 270 g/mol.